The number of thioether (sulfide) groups is 1. The van der Waals surface area contributed by atoms with E-state index in [4.69, 9.17) is 35.3 Å². The van der Waals surface area contributed by atoms with Crippen molar-refractivity contribution >= 4 is 40.4 Å². The zero-order valence-corrected chi connectivity index (χ0v) is 41.3. The van der Waals surface area contributed by atoms with Gasteiger partial charge in [-0.15, -0.1) is 0 Å². The maximum atomic E-state index is 14.7. The first-order valence-electron chi connectivity index (χ1n) is 24.1. The summed E-state index contributed by atoms with van der Waals surface area (Å²) in [4.78, 5) is 40.5. The second-order valence-corrected chi connectivity index (χ2v) is 21.7. The van der Waals surface area contributed by atoms with Crippen molar-refractivity contribution in [3.8, 4) is 0 Å². The van der Waals surface area contributed by atoms with Gasteiger partial charge in [0.2, 0.25) is 0 Å². The first-order chi connectivity index (χ1) is 30.1. The van der Waals surface area contributed by atoms with Crippen LogP contribution in [0, 0.1) is 41.4 Å². The second-order valence-electron chi connectivity index (χ2n) is 20.3. The molecule has 18 atom stereocenters. The molecule has 5 heterocycles. The number of hydrogen-bond acceptors (Lipinski definition) is 11. The molecular weight excluding hydrogens is 858 g/mol. The molecule has 0 aliphatic carbocycles. The molecule has 5 aliphatic rings. The van der Waals surface area contributed by atoms with Crippen molar-refractivity contribution in [2.75, 3.05) is 0 Å². The topological polar surface area (TPSA) is 170 Å². The number of aliphatic carboxylic acids is 1. The Morgan fingerprint density at radius 1 is 0.906 bits per heavy atom. The molecule has 5 aliphatic heterocycles. The SMILES string of the molecule is CCC(C(=O)[C@@H](C)[C@@H](O)[C@H](C)[C@@H]1O[C@@H]([C@@H](CC)C(=O)O)CC[C@@H]1C)[C@H]1O[C@]2(C=C[C@@H](NC(=O)SCc3ccc(Cl)cc3)[C@]3(CC[C@@](C)([C@H]4CC[C@](O)(CC)[C@H](C)O4)O3)O2)[C@H](C)C[C@@H]1C. The van der Waals surface area contributed by atoms with Gasteiger partial charge in [-0.05, 0) is 107 Å². The molecule has 360 valence electrons. The van der Waals surface area contributed by atoms with Gasteiger partial charge in [0.05, 0.1) is 53.7 Å². The first-order valence-corrected chi connectivity index (χ1v) is 25.4. The predicted molar refractivity (Wildman–Crippen MR) is 248 cm³/mol. The molecule has 64 heavy (non-hydrogen) atoms. The fourth-order valence-electron chi connectivity index (χ4n) is 11.6. The average Bonchev–Trinajstić information content (AvgIpc) is 3.61. The van der Waals surface area contributed by atoms with Gasteiger partial charge in [-0.3, -0.25) is 14.4 Å². The lowest BCUT2D eigenvalue weighted by molar-refractivity contribution is -0.397. The summed E-state index contributed by atoms with van der Waals surface area (Å²) >= 11 is 7.25. The predicted octanol–water partition coefficient (Wildman–Crippen LogP) is 9.49. The van der Waals surface area contributed by atoms with E-state index in [1.807, 2.05) is 65.8 Å². The van der Waals surface area contributed by atoms with Crippen LogP contribution in [-0.4, -0.2) is 97.8 Å². The van der Waals surface area contributed by atoms with Crippen molar-refractivity contribution in [1.82, 2.24) is 5.32 Å². The Labute approximate surface area is 390 Å². The number of carboxylic acids is 1. The number of carbonyl (C=O) groups is 3. The fraction of sp³-hybridized carbons (Fsp3) is 0.780. The fourth-order valence-corrected chi connectivity index (χ4v) is 12.4. The minimum Gasteiger partial charge on any atom is -0.481 e. The molecule has 0 saturated carbocycles. The molecule has 2 spiro atoms. The van der Waals surface area contributed by atoms with E-state index in [2.05, 4.69) is 26.1 Å². The molecule has 1 unspecified atom stereocenters. The van der Waals surface area contributed by atoms with Crippen molar-refractivity contribution < 1.29 is 53.4 Å². The molecule has 0 radical (unpaired) electrons. The molecular formula is C50H76ClNO11S. The Balaban J connectivity index is 1.23. The van der Waals surface area contributed by atoms with Gasteiger partial charge < -0.3 is 44.3 Å². The van der Waals surface area contributed by atoms with Crippen LogP contribution in [0.4, 0.5) is 4.79 Å². The Bertz CT molecular complexity index is 1820. The lowest BCUT2D eigenvalue weighted by atomic mass is 9.72. The average molecular weight is 935 g/mol. The van der Waals surface area contributed by atoms with Crippen LogP contribution in [0.15, 0.2) is 36.4 Å². The molecule has 1 aromatic rings. The number of carboxylic acid groups (broad SMARTS) is 1. The van der Waals surface area contributed by atoms with E-state index in [0.29, 0.717) is 68.6 Å². The number of nitrogens with one attached hydrogen (secondary N) is 1. The third-order valence-corrected chi connectivity index (χ3v) is 17.1. The summed E-state index contributed by atoms with van der Waals surface area (Å²) in [7, 11) is 0. The van der Waals surface area contributed by atoms with Gasteiger partial charge in [0.1, 0.15) is 11.8 Å². The number of aliphatic hydroxyl groups is 2. The number of rotatable bonds is 15. The summed E-state index contributed by atoms with van der Waals surface area (Å²) in [5.41, 5.74) is -0.772. The van der Waals surface area contributed by atoms with Gasteiger partial charge in [-0.2, -0.15) is 0 Å². The highest BCUT2D eigenvalue weighted by molar-refractivity contribution is 8.12. The van der Waals surface area contributed by atoms with Crippen molar-refractivity contribution in [3.63, 3.8) is 0 Å². The van der Waals surface area contributed by atoms with E-state index < -0.39 is 89.0 Å². The van der Waals surface area contributed by atoms with Gasteiger partial charge in [0.15, 0.2) is 11.6 Å². The third kappa shape index (κ3) is 10.5. The number of aliphatic hydroxyl groups excluding tert-OH is 1. The molecule has 6 rings (SSSR count). The standard InChI is InChI=1S/C50H76ClNO11S/c1-11-36(45(55)56)38-19-14-28(4)43(60-38)32(8)41(53)31(7)42(54)37(12-2)44-29(5)26-30(6)49(61-44)23-20-39(52-46(57)64-27-34-15-17-35(51)18-16-34)50(63-49)25-24-47(10,62-50)40-21-22-48(58,13-3)33(9)59-40/h15-18,20,23,28-33,36-41,43-44,53,58H,11-14,19,21-22,24-27H2,1-10H3,(H,52,57)(H,55,56)/t28-,29-,30+,31-,32-,33-,36+,37?,38+,39+,40+,41+,43+,44-,47-,48+,49-,50-/m0/s1. The summed E-state index contributed by atoms with van der Waals surface area (Å²) in [6, 6.07) is 6.72. The Hall–Kier alpha value is -2.07. The van der Waals surface area contributed by atoms with Crippen molar-refractivity contribution in [1.29, 1.82) is 0 Å². The number of halogens is 1. The van der Waals surface area contributed by atoms with E-state index >= 15 is 0 Å². The highest BCUT2D eigenvalue weighted by atomic mass is 35.5. The van der Waals surface area contributed by atoms with Crippen LogP contribution in [-0.2, 0) is 39.0 Å². The molecule has 0 aromatic heterocycles. The molecule has 4 fully saturated rings. The molecule has 14 heteroatoms. The van der Waals surface area contributed by atoms with Gasteiger partial charge in [-0.25, -0.2) is 0 Å². The largest absolute Gasteiger partial charge is 0.481 e. The molecule has 0 bridgehead atoms. The van der Waals surface area contributed by atoms with Crippen LogP contribution < -0.4 is 5.32 Å². The summed E-state index contributed by atoms with van der Waals surface area (Å²) < 4.78 is 34.7. The van der Waals surface area contributed by atoms with Gasteiger partial charge in [-0.1, -0.05) is 97.0 Å². The number of carbonyl (C=O) groups excluding carboxylic acids is 2. The Morgan fingerprint density at radius 2 is 1.59 bits per heavy atom. The van der Waals surface area contributed by atoms with Crippen molar-refractivity contribution in [2.24, 2.45) is 41.4 Å². The van der Waals surface area contributed by atoms with E-state index in [-0.39, 0.29) is 34.9 Å². The number of Topliss-reactive ketones (excluding diaryl/α,β-unsaturated/α-hetero) is 1. The second kappa shape index (κ2) is 20.7. The van der Waals surface area contributed by atoms with Crippen LogP contribution in [0.1, 0.15) is 139 Å². The Morgan fingerprint density at radius 3 is 2.22 bits per heavy atom. The molecule has 4 N–H and O–H groups in total. The van der Waals surface area contributed by atoms with Gasteiger partial charge in [0, 0.05) is 40.9 Å². The highest BCUT2D eigenvalue weighted by Gasteiger charge is 2.63. The van der Waals surface area contributed by atoms with E-state index in [9.17, 15) is 29.7 Å². The van der Waals surface area contributed by atoms with Crippen LogP contribution in [0.3, 0.4) is 0 Å². The first kappa shape index (κ1) is 51.3. The zero-order chi connectivity index (χ0) is 46.9. The van der Waals surface area contributed by atoms with Crippen LogP contribution in [0.2, 0.25) is 5.02 Å². The summed E-state index contributed by atoms with van der Waals surface area (Å²) in [5.74, 6) is -5.63. The molecule has 4 saturated heterocycles. The van der Waals surface area contributed by atoms with Gasteiger partial charge >= 0.3 is 5.97 Å². The summed E-state index contributed by atoms with van der Waals surface area (Å²) in [6.45, 7) is 19.7. The minimum absolute atomic E-state index is 0.0282. The monoisotopic (exact) mass is 933 g/mol. The quantitative estimate of drug-likeness (QED) is 0.123. The number of amides is 1. The normalized spacial score (nSPS) is 40.1. The van der Waals surface area contributed by atoms with E-state index in [0.717, 1.165) is 23.7 Å². The smallest absolute Gasteiger partial charge is 0.309 e. The maximum Gasteiger partial charge on any atom is 0.309 e. The zero-order valence-electron chi connectivity index (χ0n) is 39.7. The number of hydrogen-bond donors (Lipinski definition) is 4. The van der Waals surface area contributed by atoms with Gasteiger partial charge in [0.25, 0.3) is 5.24 Å². The third-order valence-electron chi connectivity index (χ3n) is 16.0. The number of ketones is 1. The Kier molecular flexibility index (Phi) is 16.6. The molecule has 12 nitrogen and oxygen atoms in total. The van der Waals surface area contributed by atoms with Crippen molar-refractivity contribution in [2.45, 2.75) is 205 Å². The van der Waals surface area contributed by atoms with Crippen LogP contribution in [0.5, 0.6) is 0 Å². The van der Waals surface area contributed by atoms with E-state index in [1.165, 1.54) is 0 Å². The van der Waals surface area contributed by atoms with Crippen LogP contribution in [0.25, 0.3) is 0 Å². The molecule has 1 amide bonds. The lowest BCUT2D eigenvalue weighted by Crippen LogP contribution is -2.65. The number of ether oxygens (including phenoxy) is 5. The lowest BCUT2D eigenvalue weighted by Gasteiger charge is -2.55. The van der Waals surface area contributed by atoms with Crippen LogP contribution >= 0.6 is 23.4 Å². The molecule has 1 aromatic carbocycles. The maximum absolute atomic E-state index is 14.7. The van der Waals surface area contributed by atoms with E-state index in [1.54, 1.807) is 19.1 Å². The minimum atomic E-state index is -1.35. The summed E-state index contributed by atoms with van der Waals surface area (Å²) in [5, 5.41) is 36.6. The van der Waals surface area contributed by atoms with Crippen molar-refractivity contribution in [3.05, 3.63) is 47.0 Å². The number of benzene rings is 1. The summed E-state index contributed by atoms with van der Waals surface area (Å²) in [6.07, 6.45) is 6.46. The highest BCUT2D eigenvalue weighted by Crippen LogP contribution is 2.54.